The van der Waals surface area contributed by atoms with Gasteiger partial charge in [-0.2, -0.15) is 5.26 Å². The Balaban J connectivity index is 1.80. The fourth-order valence-corrected chi connectivity index (χ4v) is 3.77. The van der Waals surface area contributed by atoms with Crippen molar-refractivity contribution in [1.82, 2.24) is 4.57 Å². The predicted molar refractivity (Wildman–Crippen MR) is 119 cm³/mol. The Bertz CT molecular complexity index is 1350. The van der Waals surface area contributed by atoms with E-state index < -0.39 is 5.97 Å². The fraction of sp³-hybridized carbons (Fsp3) is 0.0400. The van der Waals surface area contributed by atoms with E-state index in [9.17, 15) is 14.4 Å². The summed E-state index contributed by atoms with van der Waals surface area (Å²) in [6.45, 7) is 0.514. The van der Waals surface area contributed by atoms with Crippen LogP contribution in [0.4, 0.5) is 4.39 Å². The van der Waals surface area contributed by atoms with Crippen LogP contribution in [-0.2, 0) is 6.54 Å². The zero-order valence-corrected chi connectivity index (χ0v) is 17.0. The Hall–Kier alpha value is -3.88. The van der Waals surface area contributed by atoms with Gasteiger partial charge in [0.25, 0.3) is 0 Å². The third-order valence-electron chi connectivity index (χ3n) is 5.01. The molecule has 3 aromatic carbocycles. The molecule has 4 rings (SSSR count). The lowest BCUT2D eigenvalue weighted by Gasteiger charge is -2.06. The minimum Gasteiger partial charge on any atom is -0.478 e. The Morgan fingerprint density at radius 1 is 1.06 bits per heavy atom. The molecule has 0 unspecified atom stereocenters. The number of carboxylic acid groups (broad SMARTS) is 1. The molecule has 0 radical (unpaired) electrons. The fourth-order valence-electron chi connectivity index (χ4n) is 3.49. The topological polar surface area (TPSA) is 66.0 Å². The number of rotatable bonds is 5. The van der Waals surface area contributed by atoms with E-state index in [1.807, 2.05) is 22.9 Å². The van der Waals surface area contributed by atoms with Crippen molar-refractivity contribution in [3.8, 4) is 6.07 Å². The molecule has 0 spiro atoms. The minimum atomic E-state index is -1.02. The lowest BCUT2D eigenvalue weighted by molar-refractivity contribution is 0.0697. The van der Waals surface area contributed by atoms with Crippen molar-refractivity contribution in [2.45, 2.75) is 6.54 Å². The van der Waals surface area contributed by atoms with Gasteiger partial charge in [-0.3, -0.25) is 0 Å². The van der Waals surface area contributed by atoms with Gasteiger partial charge in [0.2, 0.25) is 0 Å². The van der Waals surface area contributed by atoms with Crippen molar-refractivity contribution >= 4 is 40.1 Å². The second kappa shape index (κ2) is 8.47. The molecular formula is C25H16ClFN2O2. The molecule has 0 amide bonds. The molecule has 1 N–H and O–H groups in total. The van der Waals surface area contributed by atoms with Gasteiger partial charge < -0.3 is 9.67 Å². The number of hydrogen-bond donors (Lipinski definition) is 1. The number of halogens is 2. The zero-order chi connectivity index (χ0) is 22.0. The van der Waals surface area contributed by atoms with Crippen molar-refractivity contribution in [2.75, 3.05) is 0 Å². The average molecular weight is 431 g/mol. The molecular weight excluding hydrogens is 415 g/mol. The quantitative estimate of drug-likeness (QED) is 0.381. The maximum atomic E-state index is 13.3. The highest BCUT2D eigenvalue weighted by Crippen LogP contribution is 2.32. The third-order valence-corrected chi connectivity index (χ3v) is 5.33. The summed E-state index contributed by atoms with van der Waals surface area (Å²) in [6, 6.07) is 20.2. The number of fused-ring (bicyclic) bond motifs is 1. The Morgan fingerprint density at radius 2 is 1.74 bits per heavy atom. The Kier molecular flexibility index (Phi) is 5.57. The minimum absolute atomic E-state index is 0.153. The van der Waals surface area contributed by atoms with Crippen LogP contribution in [0.2, 0.25) is 5.02 Å². The lowest BCUT2D eigenvalue weighted by Crippen LogP contribution is -1.97. The molecule has 0 bridgehead atoms. The Morgan fingerprint density at radius 3 is 2.39 bits per heavy atom. The summed E-state index contributed by atoms with van der Waals surface area (Å²) in [4.78, 5) is 11.1. The second-order valence-corrected chi connectivity index (χ2v) is 7.43. The Labute approximate surface area is 183 Å². The summed E-state index contributed by atoms with van der Waals surface area (Å²) in [5.41, 5.74) is 3.73. The van der Waals surface area contributed by atoms with Crippen molar-refractivity contribution < 1.29 is 14.3 Å². The van der Waals surface area contributed by atoms with Crippen LogP contribution >= 0.6 is 11.6 Å². The van der Waals surface area contributed by atoms with Crippen LogP contribution in [0.25, 0.3) is 22.6 Å². The summed E-state index contributed by atoms with van der Waals surface area (Å²) in [7, 11) is 0. The summed E-state index contributed by atoms with van der Waals surface area (Å²) in [5.74, 6) is -1.31. The highest BCUT2D eigenvalue weighted by molar-refractivity contribution is 6.36. The molecule has 1 aromatic heterocycles. The summed E-state index contributed by atoms with van der Waals surface area (Å²) >= 11 is 6.49. The van der Waals surface area contributed by atoms with Crippen LogP contribution in [-0.4, -0.2) is 15.6 Å². The monoisotopic (exact) mass is 430 g/mol. The molecule has 152 valence electrons. The number of aromatic nitrogens is 1. The summed E-state index contributed by atoms with van der Waals surface area (Å²) < 4.78 is 15.3. The van der Waals surface area contributed by atoms with Crippen LogP contribution in [0.5, 0.6) is 0 Å². The molecule has 0 aliphatic carbocycles. The molecule has 0 saturated carbocycles. The number of allylic oxidation sites excluding steroid dienone is 1. The molecule has 6 heteroatoms. The first-order chi connectivity index (χ1) is 15.0. The first kappa shape index (κ1) is 20.4. The molecule has 0 aliphatic heterocycles. The largest absolute Gasteiger partial charge is 0.478 e. The van der Waals surface area contributed by atoms with Gasteiger partial charge in [-0.25, -0.2) is 9.18 Å². The van der Waals surface area contributed by atoms with Gasteiger partial charge in [-0.05, 0) is 53.6 Å². The van der Waals surface area contributed by atoms with Gasteiger partial charge in [-0.1, -0.05) is 41.9 Å². The molecule has 0 aliphatic rings. The number of nitrogens with zero attached hydrogens (tertiary/aromatic N) is 2. The molecule has 31 heavy (non-hydrogen) atoms. The number of nitriles is 1. The number of carboxylic acids is 1. The van der Waals surface area contributed by atoms with Gasteiger partial charge in [-0.15, -0.1) is 0 Å². The predicted octanol–water partition coefficient (Wildman–Crippen LogP) is 6.24. The van der Waals surface area contributed by atoms with E-state index in [-0.39, 0.29) is 11.4 Å². The van der Waals surface area contributed by atoms with E-state index >= 15 is 0 Å². The first-order valence-corrected chi connectivity index (χ1v) is 9.81. The van der Waals surface area contributed by atoms with E-state index in [1.54, 1.807) is 36.4 Å². The van der Waals surface area contributed by atoms with E-state index in [2.05, 4.69) is 6.07 Å². The van der Waals surface area contributed by atoms with Gasteiger partial charge in [0.05, 0.1) is 27.7 Å². The summed E-state index contributed by atoms with van der Waals surface area (Å²) in [6.07, 6.45) is 3.65. The van der Waals surface area contributed by atoms with Crippen LogP contribution in [0.3, 0.4) is 0 Å². The maximum absolute atomic E-state index is 13.3. The number of carbonyl (C=O) groups is 1. The van der Waals surface area contributed by atoms with Crippen LogP contribution < -0.4 is 0 Å². The van der Waals surface area contributed by atoms with Crippen LogP contribution in [0.1, 0.15) is 27.0 Å². The standard InChI is InChI=1S/C25H16ClFN2O2/c26-22-2-1-3-23-24(22)20(15-29(23)14-16-4-10-21(27)11-5-16)12-19(13-28)17-6-8-18(9-7-17)25(30)31/h1-12,15H,14H2,(H,30,31)/b19-12+. The molecule has 1 heterocycles. The highest BCUT2D eigenvalue weighted by atomic mass is 35.5. The van der Waals surface area contributed by atoms with E-state index in [4.69, 9.17) is 16.7 Å². The van der Waals surface area contributed by atoms with Gasteiger partial charge in [0.15, 0.2) is 0 Å². The van der Waals surface area contributed by atoms with Crippen molar-refractivity contribution in [3.05, 3.63) is 106 Å². The maximum Gasteiger partial charge on any atom is 0.335 e. The lowest BCUT2D eigenvalue weighted by atomic mass is 10.0. The zero-order valence-electron chi connectivity index (χ0n) is 16.2. The van der Waals surface area contributed by atoms with Crippen LogP contribution in [0.15, 0.2) is 72.9 Å². The van der Waals surface area contributed by atoms with Crippen molar-refractivity contribution in [3.63, 3.8) is 0 Å². The molecule has 0 fully saturated rings. The van der Waals surface area contributed by atoms with E-state index in [1.165, 1.54) is 24.3 Å². The second-order valence-electron chi connectivity index (χ2n) is 7.03. The summed E-state index contributed by atoms with van der Waals surface area (Å²) in [5, 5.41) is 20.2. The van der Waals surface area contributed by atoms with Gasteiger partial charge in [0, 0.05) is 23.7 Å². The van der Waals surface area contributed by atoms with E-state index in [0.717, 1.165) is 22.0 Å². The normalized spacial score (nSPS) is 11.5. The smallest absolute Gasteiger partial charge is 0.335 e. The van der Waals surface area contributed by atoms with Crippen LogP contribution in [0, 0.1) is 17.1 Å². The van der Waals surface area contributed by atoms with Crippen molar-refractivity contribution in [2.24, 2.45) is 0 Å². The van der Waals surface area contributed by atoms with Gasteiger partial charge in [0.1, 0.15) is 5.82 Å². The van der Waals surface area contributed by atoms with E-state index in [0.29, 0.717) is 22.7 Å². The average Bonchev–Trinajstić information content (AvgIpc) is 3.12. The number of benzene rings is 3. The van der Waals surface area contributed by atoms with Gasteiger partial charge >= 0.3 is 5.97 Å². The number of hydrogen-bond acceptors (Lipinski definition) is 2. The van der Waals surface area contributed by atoms with Crippen molar-refractivity contribution in [1.29, 1.82) is 5.26 Å². The molecule has 4 aromatic rings. The third kappa shape index (κ3) is 4.20. The first-order valence-electron chi connectivity index (χ1n) is 9.43. The molecule has 4 nitrogen and oxygen atoms in total. The molecule has 0 saturated heterocycles. The molecule has 0 atom stereocenters. The SMILES string of the molecule is N#C/C(=C\c1cn(Cc2ccc(F)cc2)c2cccc(Cl)c12)c1ccc(C(=O)O)cc1. The number of aromatic carboxylic acids is 1. The highest BCUT2D eigenvalue weighted by Gasteiger charge is 2.13.